The highest BCUT2D eigenvalue weighted by Crippen LogP contribution is 1.98. The number of unbranched alkanes of at least 4 members (excludes halogenated alkanes) is 2. The van der Waals surface area contributed by atoms with E-state index in [1.807, 2.05) is 62.3 Å². The van der Waals surface area contributed by atoms with Crippen LogP contribution in [0.15, 0.2) is 30.3 Å². The van der Waals surface area contributed by atoms with Crippen LogP contribution in [0.5, 0.6) is 0 Å². The maximum Gasteiger partial charge on any atom is 0.0700 e. The molecule has 1 N–H and O–H groups in total. The molecule has 0 heterocycles. The van der Waals surface area contributed by atoms with Crippen molar-refractivity contribution in [1.82, 2.24) is 5.32 Å². The van der Waals surface area contributed by atoms with Crippen LogP contribution in [0, 0.1) is 0 Å². The fraction of sp³-hybridized carbons (Fsp3) is 0.750. The number of hydrogen-bond acceptors (Lipinski definition) is 3. The summed E-state index contributed by atoms with van der Waals surface area (Å²) in [5.74, 6) is 0. The zero-order valence-corrected chi connectivity index (χ0v) is 20.1. The van der Waals surface area contributed by atoms with Gasteiger partial charge in [-0.25, -0.2) is 0 Å². The highest BCUT2D eigenvalue weighted by molar-refractivity contribution is 5.14. The molecule has 0 bridgehead atoms. The standard InChI is InChI=1S/C16H27NO2.4C2H6/c1-2-18-13-14-19-12-8-4-7-11-17-15-16-9-5-3-6-10-16;4*1-2/h3,5-6,9-10,17H,2,4,7-8,11-15H2,1H3;4*1-2H3. The summed E-state index contributed by atoms with van der Waals surface area (Å²) in [6, 6.07) is 10.5. The van der Waals surface area contributed by atoms with Crippen LogP contribution in [-0.4, -0.2) is 33.0 Å². The average Bonchev–Trinajstić information content (AvgIpc) is 2.78. The molecule has 0 aliphatic rings. The Hall–Kier alpha value is -0.900. The predicted octanol–water partition coefficient (Wildman–Crippen LogP) is 7.10. The van der Waals surface area contributed by atoms with E-state index in [0.717, 1.165) is 45.9 Å². The molecule has 3 heteroatoms. The van der Waals surface area contributed by atoms with Crippen molar-refractivity contribution in [1.29, 1.82) is 0 Å². The molecule has 0 saturated carbocycles. The fourth-order valence-electron chi connectivity index (χ4n) is 1.82. The molecule has 164 valence electrons. The number of ether oxygens (including phenoxy) is 2. The summed E-state index contributed by atoms with van der Waals surface area (Å²) in [6.45, 7) is 23.1. The zero-order chi connectivity index (χ0) is 21.6. The molecule has 0 aliphatic heterocycles. The van der Waals surface area contributed by atoms with Crippen molar-refractivity contribution in [3.05, 3.63) is 35.9 Å². The van der Waals surface area contributed by atoms with E-state index in [0.29, 0.717) is 0 Å². The van der Waals surface area contributed by atoms with E-state index < -0.39 is 0 Å². The lowest BCUT2D eigenvalue weighted by Crippen LogP contribution is -2.14. The van der Waals surface area contributed by atoms with Crippen molar-refractivity contribution < 1.29 is 9.47 Å². The summed E-state index contributed by atoms with van der Waals surface area (Å²) >= 11 is 0. The Morgan fingerprint density at radius 3 is 1.78 bits per heavy atom. The zero-order valence-electron chi connectivity index (χ0n) is 20.1. The molecule has 3 nitrogen and oxygen atoms in total. The lowest BCUT2D eigenvalue weighted by Gasteiger charge is -2.06. The minimum absolute atomic E-state index is 0.717. The molecule has 0 unspecified atom stereocenters. The van der Waals surface area contributed by atoms with E-state index in [9.17, 15) is 0 Å². The molecule has 1 aromatic carbocycles. The first-order valence-electron chi connectivity index (χ1n) is 11.3. The van der Waals surface area contributed by atoms with Gasteiger partial charge in [0.15, 0.2) is 0 Å². The lowest BCUT2D eigenvalue weighted by atomic mass is 10.2. The SMILES string of the molecule is CC.CC.CC.CC.CCOCCOCCCCCNCc1ccccc1. The third-order valence-corrected chi connectivity index (χ3v) is 2.89. The lowest BCUT2D eigenvalue weighted by molar-refractivity contribution is 0.0513. The monoisotopic (exact) mass is 385 g/mol. The largest absolute Gasteiger partial charge is 0.379 e. The van der Waals surface area contributed by atoms with Gasteiger partial charge in [0.05, 0.1) is 13.2 Å². The third kappa shape index (κ3) is 33.2. The van der Waals surface area contributed by atoms with Crippen LogP contribution in [0.25, 0.3) is 0 Å². The van der Waals surface area contributed by atoms with E-state index in [1.165, 1.54) is 18.4 Å². The molecule has 0 saturated heterocycles. The van der Waals surface area contributed by atoms with Gasteiger partial charge >= 0.3 is 0 Å². The molecule has 1 rings (SSSR count). The van der Waals surface area contributed by atoms with Crippen molar-refractivity contribution in [3.8, 4) is 0 Å². The molecular formula is C24H51NO2. The highest BCUT2D eigenvalue weighted by Gasteiger charge is 1.93. The summed E-state index contributed by atoms with van der Waals surface area (Å²) < 4.78 is 10.7. The number of hydrogen-bond donors (Lipinski definition) is 1. The van der Waals surface area contributed by atoms with E-state index in [1.54, 1.807) is 0 Å². The first-order valence-corrected chi connectivity index (χ1v) is 11.3. The second kappa shape index (κ2) is 40.0. The molecule has 0 spiro atoms. The van der Waals surface area contributed by atoms with Gasteiger partial charge in [-0.2, -0.15) is 0 Å². The van der Waals surface area contributed by atoms with Crippen LogP contribution >= 0.6 is 0 Å². The van der Waals surface area contributed by atoms with Gasteiger partial charge in [0, 0.05) is 19.8 Å². The van der Waals surface area contributed by atoms with Gasteiger partial charge in [0.2, 0.25) is 0 Å². The maximum absolute atomic E-state index is 5.47. The fourth-order valence-corrected chi connectivity index (χ4v) is 1.82. The predicted molar refractivity (Wildman–Crippen MR) is 125 cm³/mol. The summed E-state index contributed by atoms with van der Waals surface area (Å²) in [7, 11) is 0. The van der Waals surface area contributed by atoms with Crippen LogP contribution < -0.4 is 5.32 Å². The van der Waals surface area contributed by atoms with Crippen molar-refractivity contribution in [2.45, 2.75) is 88.1 Å². The maximum atomic E-state index is 5.47. The Balaban J connectivity index is -0.000000292. The van der Waals surface area contributed by atoms with Gasteiger partial charge in [-0.15, -0.1) is 0 Å². The normalized spacial score (nSPS) is 8.48. The highest BCUT2D eigenvalue weighted by atomic mass is 16.5. The molecule has 0 aromatic heterocycles. The Kier molecular flexibility index (Phi) is 49.8. The smallest absolute Gasteiger partial charge is 0.0700 e. The quantitative estimate of drug-likeness (QED) is 0.389. The number of rotatable bonds is 12. The van der Waals surface area contributed by atoms with Crippen LogP contribution in [0.1, 0.15) is 87.1 Å². The van der Waals surface area contributed by atoms with Crippen LogP contribution in [0.2, 0.25) is 0 Å². The topological polar surface area (TPSA) is 30.5 Å². The Labute approximate surface area is 172 Å². The molecule has 1 aromatic rings. The van der Waals surface area contributed by atoms with E-state index >= 15 is 0 Å². The van der Waals surface area contributed by atoms with Gasteiger partial charge < -0.3 is 14.8 Å². The molecule has 0 fully saturated rings. The molecule has 0 atom stereocenters. The average molecular weight is 386 g/mol. The Morgan fingerprint density at radius 2 is 1.22 bits per heavy atom. The van der Waals surface area contributed by atoms with Gasteiger partial charge in [0.1, 0.15) is 0 Å². The second-order valence-electron chi connectivity index (χ2n) is 4.53. The van der Waals surface area contributed by atoms with Crippen molar-refractivity contribution in [2.75, 3.05) is 33.0 Å². The first kappa shape index (κ1) is 33.7. The number of benzene rings is 1. The first-order chi connectivity index (χ1) is 13.4. The Bertz CT molecular complexity index is 292. The summed E-state index contributed by atoms with van der Waals surface area (Å²) in [5.41, 5.74) is 1.35. The van der Waals surface area contributed by atoms with Crippen LogP contribution in [0.3, 0.4) is 0 Å². The van der Waals surface area contributed by atoms with Crippen molar-refractivity contribution in [3.63, 3.8) is 0 Å². The third-order valence-electron chi connectivity index (χ3n) is 2.89. The molecule has 0 aliphatic carbocycles. The summed E-state index contributed by atoms with van der Waals surface area (Å²) in [4.78, 5) is 0. The van der Waals surface area contributed by atoms with Crippen molar-refractivity contribution in [2.24, 2.45) is 0 Å². The second-order valence-corrected chi connectivity index (χ2v) is 4.53. The van der Waals surface area contributed by atoms with E-state index in [4.69, 9.17) is 9.47 Å². The van der Waals surface area contributed by atoms with Gasteiger partial charge in [-0.05, 0) is 38.3 Å². The van der Waals surface area contributed by atoms with Crippen LogP contribution in [0.4, 0.5) is 0 Å². The van der Waals surface area contributed by atoms with Gasteiger partial charge in [-0.1, -0.05) is 85.7 Å². The summed E-state index contributed by atoms with van der Waals surface area (Å²) in [6.07, 6.45) is 3.57. The molecule has 0 radical (unpaired) electrons. The van der Waals surface area contributed by atoms with Gasteiger partial charge in [-0.3, -0.25) is 0 Å². The summed E-state index contributed by atoms with van der Waals surface area (Å²) in [5, 5.41) is 3.46. The van der Waals surface area contributed by atoms with E-state index in [2.05, 4.69) is 35.6 Å². The molecule has 0 amide bonds. The van der Waals surface area contributed by atoms with Gasteiger partial charge in [0.25, 0.3) is 0 Å². The minimum atomic E-state index is 0.717. The van der Waals surface area contributed by atoms with Crippen molar-refractivity contribution >= 4 is 0 Å². The molecular weight excluding hydrogens is 334 g/mol. The molecule has 27 heavy (non-hydrogen) atoms. The van der Waals surface area contributed by atoms with Crippen LogP contribution in [-0.2, 0) is 16.0 Å². The van der Waals surface area contributed by atoms with E-state index in [-0.39, 0.29) is 0 Å². The Morgan fingerprint density at radius 1 is 0.667 bits per heavy atom. The number of nitrogens with one attached hydrogen (secondary N) is 1. The minimum Gasteiger partial charge on any atom is -0.379 e.